The molecule has 4 rings (SSSR count). The fourth-order valence-electron chi connectivity index (χ4n) is 3.33. The number of hydrogen-bond acceptors (Lipinski definition) is 6. The molecule has 0 atom stereocenters. The minimum Gasteiger partial charge on any atom is -0.489 e. The van der Waals surface area contributed by atoms with Gasteiger partial charge in [-0.3, -0.25) is 0 Å². The number of imidazole rings is 1. The summed E-state index contributed by atoms with van der Waals surface area (Å²) >= 11 is 6.19. The van der Waals surface area contributed by atoms with E-state index in [0.717, 1.165) is 41.1 Å². The van der Waals surface area contributed by atoms with Crippen LogP contribution in [0, 0.1) is 0 Å². The number of hydrogen-bond donors (Lipinski definition) is 2. The molecule has 0 aliphatic carbocycles. The van der Waals surface area contributed by atoms with Crippen LogP contribution in [-0.2, 0) is 26.2 Å². The highest BCUT2D eigenvalue weighted by molar-refractivity contribution is 6.30. The first-order valence-corrected chi connectivity index (χ1v) is 10.4. The third-order valence-corrected chi connectivity index (χ3v) is 5.26. The van der Waals surface area contributed by atoms with Crippen LogP contribution in [0.1, 0.15) is 36.0 Å². The summed E-state index contributed by atoms with van der Waals surface area (Å²) in [4.78, 5) is 4.40. The summed E-state index contributed by atoms with van der Waals surface area (Å²) in [7, 11) is 0. The molecule has 0 fully saturated rings. The summed E-state index contributed by atoms with van der Waals surface area (Å²) < 4.78 is 7.90. The minimum absolute atomic E-state index is 0.137. The van der Waals surface area contributed by atoms with Gasteiger partial charge in [0.15, 0.2) is 5.15 Å². The normalized spacial score (nSPS) is 11.1. The van der Waals surface area contributed by atoms with Gasteiger partial charge in [0.2, 0.25) is 5.82 Å². The van der Waals surface area contributed by atoms with Crippen LogP contribution in [0.25, 0.3) is 11.4 Å². The van der Waals surface area contributed by atoms with Crippen molar-refractivity contribution in [1.29, 1.82) is 0 Å². The summed E-state index contributed by atoms with van der Waals surface area (Å²) in [6.45, 7) is 3.01. The van der Waals surface area contributed by atoms with Crippen molar-refractivity contribution < 1.29 is 9.84 Å². The summed E-state index contributed by atoms with van der Waals surface area (Å²) in [5.41, 5.74) is 3.67. The molecule has 8 nitrogen and oxygen atoms in total. The van der Waals surface area contributed by atoms with Gasteiger partial charge in [0.25, 0.3) is 0 Å². The number of benzene rings is 2. The van der Waals surface area contributed by atoms with Crippen LogP contribution in [0.4, 0.5) is 0 Å². The van der Waals surface area contributed by atoms with E-state index in [4.69, 9.17) is 16.3 Å². The van der Waals surface area contributed by atoms with Crippen LogP contribution in [0.5, 0.6) is 5.75 Å². The van der Waals surface area contributed by atoms with E-state index in [1.807, 2.05) is 53.1 Å². The van der Waals surface area contributed by atoms with Gasteiger partial charge in [-0.1, -0.05) is 54.9 Å². The van der Waals surface area contributed by atoms with Crippen molar-refractivity contribution in [2.45, 2.75) is 39.5 Å². The van der Waals surface area contributed by atoms with Crippen molar-refractivity contribution in [2.24, 2.45) is 0 Å². The molecule has 0 bridgehead atoms. The number of aliphatic hydroxyl groups excluding tert-OH is 1. The van der Waals surface area contributed by atoms with E-state index in [1.54, 1.807) is 0 Å². The van der Waals surface area contributed by atoms with Crippen molar-refractivity contribution in [3.8, 4) is 17.1 Å². The van der Waals surface area contributed by atoms with Gasteiger partial charge in [-0.2, -0.15) is 5.21 Å². The molecule has 2 aromatic heterocycles. The number of aromatic nitrogens is 6. The number of rotatable bonds is 9. The molecular formula is C22H23ClN6O2. The number of aryl methyl sites for hydroxylation is 1. The number of halogens is 1. The van der Waals surface area contributed by atoms with Crippen molar-refractivity contribution in [3.63, 3.8) is 0 Å². The Morgan fingerprint density at radius 3 is 2.45 bits per heavy atom. The zero-order chi connectivity index (χ0) is 21.6. The van der Waals surface area contributed by atoms with E-state index in [9.17, 15) is 5.11 Å². The molecule has 0 aliphatic rings. The Morgan fingerprint density at radius 1 is 1.06 bits per heavy atom. The third kappa shape index (κ3) is 4.92. The lowest BCUT2D eigenvalue weighted by molar-refractivity contribution is 0.271. The van der Waals surface area contributed by atoms with Gasteiger partial charge >= 0.3 is 0 Å². The van der Waals surface area contributed by atoms with Crippen LogP contribution in [0.2, 0.25) is 5.15 Å². The van der Waals surface area contributed by atoms with Crippen molar-refractivity contribution in [1.82, 2.24) is 30.2 Å². The Hall–Kier alpha value is -3.23. The number of aliphatic hydroxyl groups is 1. The summed E-state index contributed by atoms with van der Waals surface area (Å²) in [6.07, 6.45) is 1.77. The van der Waals surface area contributed by atoms with Crippen molar-refractivity contribution in [2.75, 3.05) is 0 Å². The van der Waals surface area contributed by atoms with Crippen LogP contribution in [0.15, 0.2) is 48.5 Å². The van der Waals surface area contributed by atoms with Gasteiger partial charge in [-0.05, 0) is 34.9 Å². The highest BCUT2D eigenvalue weighted by atomic mass is 35.5. The van der Waals surface area contributed by atoms with Gasteiger partial charge in [-0.25, -0.2) is 4.98 Å². The van der Waals surface area contributed by atoms with Gasteiger partial charge in [0, 0.05) is 18.5 Å². The number of aromatic amines is 1. The number of ether oxygens (including phenoxy) is 1. The van der Waals surface area contributed by atoms with Gasteiger partial charge in [0.05, 0.1) is 12.3 Å². The molecule has 4 aromatic rings. The molecule has 0 amide bonds. The highest BCUT2D eigenvalue weighted by Crippen LogP contribution is 2.22. The lowest BCUT2D eigenvalue weighted by Crippen LogP contribution is -2.09. The fraction of sp³-hybridized carbons (Fsp3) is 0.273. The molecule has 0 aliphatic heterocycles. The maximum atomic E-state index is 9.68. The highest BCUT2D eigenvalue weighted by Gasteiger charge is 2.15. The molecule has 0 spiro atoms. The zero-order valence-corrected chi connectivity index (χ0v) is 17.9. The van der Waals surface area contributed by atoms with Gasteiger partial charge < -0.3 is 14.4 Å². The number of nitrogens with one attached hydrogen (secondary N) is 1. The fourth-order valence-corrected chi connectivity index (χ4v) is 3.59. The molecule has 31 heavy (non-hydrogen) atoms. The average molecular weight is 439 g/mol. The second-order valence-corrected chi connectivity index (χ2v) is 7.48. The van der Waals surface area contributed by atoms with Gasteiger partial charge in [-0.15, -0.1) is 10.2 Å². The first-order chi connectivity index (χ1) is 15.2. The monoisotopic (exact) mass is 438 g/mol. The molecule has 9 heteroatoms. The molecule has 160 valence electrons. The van der Waals surface area contributed by atoms with E-state index < -0.39 is 0 Å². The lowest BCUT2D eigenvalue weighted by atomic mass is 10.1. The van der Waals surface area contributed by atoms with Crippen molar-refractivity contribution >= 4 is 11.6 Å². The third-order valence-electron chi connectivity index (χ3n) is 4.95. The summed E-state index contributed by atoms with van der Waals surface area (Å²) in [6, 6.07) is 15.8. The molecular weight excluding hydrogens is 416 g/mol. The predicted octanol–water partition coefficient (Wildman–Crippen LogP) is 3.79. The quantitative estimate of drug-likeness (QED) is 0.412. The maximum absolute atomic E-state index is 9.68. The van der Waals surface area contributed by atoms with Crippen LogP contribution in [0.3, 0.4) is 0 Å². The van der Waals surface area contributed by atoms with Crippen LogP contribution < -0.4 is 4.74 Å². The van der Waals surface area contributed by atoms with E-state index >= 15 is 0 Å². The van der Waals surface area contributed by atoms with E-state index in [2.05, 4.69) is 32.5 Å². The number of H-pyrrole nitrogens is 1. The lowest BCUT2D eigenvalue weighted by Gasteiger charge is -2.12. The summed E-state index contributed by atoms with van der Waals surface area (Å²) in [5.74, 6) is 2.24. The van der Waals surface area contributed by atoms with Crippen LogP contribution in [-0.4, -0.2) is 35.3 Å². The Labute approximate surface area is 184 Å². The zero-order valence-electron chi connectivity index (χ0n) is 17.1. The second kappa shape index (κ2) is 9.72. The molecule has 0 saturated carbocycles. The molecule has 0 saturated heterocycles. The van der Waals surface area contributed by atoms with Crippen molar-refractivity contribution in [3.05, 3.63) is 76.3 Å². The molecule has 2 heterocycles. The standard InChI is InChI=1S/C22H23ClN6O2/c1-2-3-20-24-21(23)19(13-30)29(20)12-15-6-10-18(11-7-15)31-14-16-4-8-17(9-5-16)22-25-27-28-26-22/h4-11,30H,2-3,12-14H2,1H3,(H,25,26,27,28). The van der Waals surface area contributed by atoms with Crippen LogP contribution >= 0.6 is 11.6 Å². The first kappa shape index (κ1) is 21.0. The van der Waals surface area contributed by atoms with E-state index in [0.29, 0.717) is 29.8 Å². The Bertz CT molecular complexity index is 1110. The molecule has 0 unspecified atom stereocenters. The second-order valence-electron chi connectivity index (χ2n) is 7.12. The molecule has 2 N–H and O–H groups in total. The van der Waals surface area contributed by atoms with E-state index in [-0.39, 0.29) is 6.61 Å². The topological polar surface area (TPSA) is 102 Å². The van der Waals surface area contributed by atoms with E-state index in [1.165, 1.54) is 0 Å². The Balaban J connectivity index is 1.39. The summed E-state index contributed by atoms with van der Waals surface area (Å²) in [5, 5.41) is 24.0. The molecule has 2 aromatic carbocycles. The maximum Gasteiger partial charge on any atom is 0.204 e. The van der Waals surface area contributed by atoms with Gasteiger partial charge in [0.1, 0.15) is 18.2 Å². The Morgan fingerprint density at radius 2 is 1.81 bits per heavy atom. The SMILES string of the molecule is CCCc1nc(Cl)c(CO)n1Cc1ccc(OCc2ccc(-c3nn[nH]n3)cc2)cc1. The predicted molar refractivity (Wildman–Crippen MR) is 117 cm³/mol. The Kier molecular flexibility index (Phi) is 6.59. The smallest absolute Gasteiger partial charge is 0.204 e. The minimum atomic E-state index is -0.137. The first-order valence-electron chi connectivity index (χ1n) is 10.1. The largest absolute Gasteiger partial charge is 0.489 e. The molecule has 0 radical (unpaired) electrons. The number of nitrogens with zero attached hydrogens (tertiary/aromatic N) is 5. The number of tetrazole rings is 1. The average Bonchev–Trinajstić information content (AvgIpc) is 3.42.